The van der Waals surface area contributed by atoms with Crippen LogP contribution < -0.4 is 5.32 Å². The summed E-state index contributed by atoms with van der Waals surface area (Å²) in [6, 6.07) is 6.08. The molecule has 0 fully saturated rings. The van der Waals surface area contributed by atoms with Crippen LogP contribution in [0.25, 0.3) is 11.3 Å². The van der Waals surface area contributed by atoms with Gasteiger partial charge in [0.05, 0.1) is 24.6 Å². The first-order valence-corrected chi connectivity index (χ1v) is 5.85. The number of nitrogens with zero attached hydrogens (tertiary/aromatic N) is 5. The highest BCUT2D eigenvalue weighted by molar-refractivity contribution is 5.59. The fraction of sp³-hybridized carbons (Fsp3) is 0.0833. The van der Waals surface area contributed by atoms with Crippen molar-refractivity contribution in [3.63, 3.8) is 0 Å². The third-order valence-corrected chi connectivity index (χ3v) is 2.59. The third-order valence-electron chi connectivity index (χ3n) is 2.59. The first-order chi connectivity index (χ1) is 9.81. The molecule has 0 saturated heterocycles. The molecule has 8 heteroatoms. The maximum Gasteiger partial charge on any atom is 0.193 e. The van der Waals surface area contributed by atoms with E-state index in [-0.39, 0.29) is 5.82 Å². The van der Waals surface area contributed by atoms with Gasteiger partial charge < -0.3 is 5.32 Å². The summed E-state index contributed by atoms with van der Waals surface area (Å²) >= 11 is 0. The molecule has 0 unspecified atom stereocenters. The SMILES string of the molecule is Fc1ccc(-c2cncc(NCc3nn[nH]n3)n2)cc1. The van der Waals surface area contributed by atoms with E-state index in [1.54, 1.807) is 24.5 Å². The molecule has 2 N–H and O–H groups in total. The zero-order valence-corrected chi connectivity index (χ0v) is 10.3. The first-order valence-electron chi connectivity index (χ1n) is 5.85. The first kappa shape index (κ1) is 12.2. The van der Waals surface area contributed by atoms with Gasteiger partial charge in [0.15, 0.2) is 5.82 Å². The van der Waals surface area contributed by atoms with Crippen molar-refractivity contribution in [3.05, 3.63) is 48.3 Å². The van der Waals surface area contributed by atoms with Crippen molar-refractivity contribution in [1.29, 1.82) is 0 Å². The van der Waals surface area contributed by atoms with Gasteiger partial charge in [0.2, 0.25) is 0 Å². The summed E-state index contributed by atoms with van der Waals surface area (Å²) in [7, 11) is 0. The van der Waals surface area contributed by atoms with E-state index >= 15 is 0 Å². The lowest BCUT2D eigenvalue weighted by atomic mass is 10.1. The van der Waals surface area contributed by atoms with Crippen LogP contribution in [0.15, 0.2) is 36.7 Å². The molecular formula is C12H10FN7. The van der Waals surface area contributed by atoms with Crippen LogP contribution in [-0.4, -0.2) is 30.6 Å². The van der Waals surface area contributed by atoms with E-state index in [1.165, 1.54) is 12.1 Å². The van der Waals surface area contributed by atoms with E-state index in [2.05, 4.69) is 35.9 Å². The fourth-order valence-corrected chi connectivity index (χ4v) is 1.64. The molecule has 0 aliphatic carbocycles. The maximum absolute atomic E-state index is 12.9. The second kappa shape index (κ2) is 5.39. The minimum absolute atomic E-state index is 0.284. The van der Waals surface area contributed by atoms with Crippen LogP contribution in [0.1, 0.15) is 5.82 Å². The standard InChI is InChI=1S/C12H10FN7/c13-9-3-1-8(2-4-9)10-5-14-6-11(16-10)15-7-12-17-19-20-18-12/h1-6H,7H2,(H,15,16)(H,17,18,19,20). The average Bonchev–Trinajstić information content (AvgIpc) is 3.00. The Labute approximate surface area is 113 Å². The Morgan fingerprint density at radius 2 is 2.00 bits per heavy atom. The van der Waals surface area contributed by atoms with Crippen molar-refractivity contribution in [1.82, 2.24) is 30.6 Å². The van der Waals surface area contributed by atoms with Crippen LogP contribution in [0.4, 0.5) is 10.2 Å². The molecule has 0 aliphatic heterocycles. The van der Waals surface area contributed by atoms with Gasteiger partial charge in [-0.05, 0) is 24.3 Å². The second-order valence-electron chi connectivity index (χ2n) is 3.98. The summed E-state index contributed by atoms with van der Waals surface area (Å²) in [5.41, 5.74) is 1.45. The molecule has 0 saturated carbocycles. The topological polar surface area (TPSA) is 92.3 Å². The molecule has 0 amide bonds. The number of aromatic amines is 1. The van der Waals surface area contributed by atoms with Gasteiger partial charge in [-0.25, -0.2) is 9.37 Å². The van der Waals surface area contributed by atoms with Gasteiger partial charge in [0, 0.05) is 5.56 Å². The van der Waals surface area contributed by atoms with E-state index in [0.29, 0.717) is 23.9 Å². The van der Waals surface area contributed by atoms with Crippen LogP contribution in [0.5, 0.6) is 0 Å². The molecule has 0 spiro atoms. The van der Waals surface area contributed by atoms with Crippen molar-refractivity contribution in [2.75, 3.05) is 5.32 Å². The van der Waals surface area contributed by atoms with Crippen LogP contribution in [0.3, 0.4) is 0 Å². The number of H-pyrrole nitrogens is 1. The minimum Gasteiger partial charge on any atom is -0.361 e. The zero-order chi connectivity index (χ0) is 13.8. The molecule has 1 aromatic carbocycles. The van der Waals surface area contributed by atoms with Gasteiger partial charge >= 0.3 is 0 Å². The van der Waals surface area contributed by atoms with E-state index in [1.807, 2.05) is 0 Å². The van der Waals surface area contributed by atoms with Crippen LogP contribution in [0, 0.1) is 5.82 Å². The number of hydrogen-bond donors (Lipinski definition) is 2. The monoisotopic (exact) mass is 271 g/mol. The van der Waals surface area contributed by atoms with Gasteiger partial charge in [0.1, 0.15) is 11.6 Å². The Morgan fingerprint density at radius 1 is 1.15 bits per heavy atom. The highest BCUT2D eigenvalue weighted by Crippen LogP contribution is 2.17. The van der Waals surface area contributed by atoms with E-state index < -0.39 is 0 Å². The number of anilines is 1. The summed E-state index contributed by atoms with van der Waals surface area (Å²) in [4.78, 5) is 8.49. The fourth-order valence-electron chi connectivity index (χ4n) is 1.64. The van der Waals surface area contributed by atoms with Crippen LogP contribution >= 0.6 is 0 Å². The van der Waals surface area contributed by atoms with E-state index in [0.717, 1.165) is 5.56 Å². The van der Waals surface area contributed by atoms with Crippen molar-refractivity contribution in [2.24, 2.45) is 0 Å². The predicted octanol–water partition coefficient (Wildman–Crippen LogP) is 1.41. The lowest BCUT2D eigenvalue weighted by Gasteiger charge is -2.05. The molecule has 0 atom stereocenters. The number of hydrogen-bond acceptors (Lipinski definition) is 6. The van der Waals surface area contributed by atoms with Crippen molar-refractivity contribution < 1.29 is 4.39 Å². The Balaban J connectivity index is 1.77. The summed E-state index contributed by atoms with van der Waals surface area (Å²) in [6.45, 7) is 0.387. The molecular weight excluding hydrogens is 261 g/mol. The molecule has 0 bridgehead atoms. The summed E-state index contributed by atoms with van der Waals surface area (Å²) in [5.74, 6) is 0.823. The average molecular weight is 271 g/mol. The van der Waals surface area contributed by atoms with Crippen molar-refractivity contribution in [2.45, 2.75) is 6.54 Å². The van der Waals surface area contributed by atoms with E-state index in [4.69, 9.17) is 0 Å². The number of tetrazole rings is 1. The maximum atomic E-state index is 12.9. The van der Waals surface area contributed by atoms with Gasteiger partial charge in [-0.1, -0.05) is 5.21 Å². The highest BCUT2D eigenvalue weighted by Gasteiger charge is 2.03. The Bertz CT molecular complexity index is 681. The van der Waals surface area contributed by atoms with E-state index in [9.17, 15) is 4.39 Å². The predicted molar refractivity (Wildman–Crippen MR) is 68.9 cm³/mol. The number of benzene rings is 1. The third kappa shape index (κ3) is 2.74. The number of nitrogens with one attached hydrogen (secondary N) is 2. The highest BCUT2D eigenvalue weighted by atomic mass is 19.1. The lowest BCUT2D eigenvalue weighted by Crippen LogP contribution is -2.04. The Kier molecular flexibility index (Phi) is 3.27. The van der Waals surface area contributed by atoms with Gasteiger partial charge in [0.25, 0.3) is 0 Å². The minimum atomic E-state index is -0.284. The molecule has 20 heavy (non-hydrogen) atoms. The molecule has 7 nitrogen and oxygen atoms in total. The van der Waals surface area contributed by atoms with Gasteiger partial charge in [-0.2, -0.15) is 5.21 Å². The Hall–Kier alpha value is -2.90. The number of rotatable bonds is 4. The molecule has 0 radical (unpaired) electrons. The Morgan fingerprint density at radius 3 is 2.75 bits per heavy atom. The summed E-state index contributed by atoms with van der Waals surface area (Å²) in [6.07, 6.45) is 3.21. The molecule has 3 rings (SSSR count). The molecule has 0 aliphatic rings. The summed E-state index contributed by atoms with van der Waals surface area (Å²) in [5, 5.41) is 16.5. The molecule has 100 valence electrons. The quantitative estimate of drug-likeness (QED) is 0.745. The normalized spacial score (nSPS) is 10.4. The smallest absolute Gasteiger partial charge is 0.193 e. The number of halogens is 1. The molecule has 2 aromatic heterocycles. The largest absolute Gasteiger partial charge is 0.361 e. The molecule has 2 heterocycles. The van der Waals surface area contributed by atoms with Gasteiger partial charge in [-0.3, -0.25) is 4.98 Å². The summed E-state index contributed by atoms with van der Waals surface area (Å²) < 4.78 is 12.9. The van der Waals surface area contributed by atoms with Crippen LogP contribution in [0.2, 0.25) is 0 Å². The van der Waals surface area contributed by atoms with Crippen LogP contribution in [-0.2, 0) is 6.54 Å². The molecule has 3 aromatic rings. The number of aromatic nitrogens is 6. The van der Waals surface area contributed by atoms with Crippen molar-refractivity contribution in [3.8, 4) is 11.3 Å². The lowest BCUT2D eigenvalue weighted by molar-refractivity contribution is 0.628. The van der Waals surface area contributed by atoms with Crippen molar-refractivity contribution >= 4 is 5.82 Å². The van der Waals surface area contributed by atoms with Gasteiger partial charge in [-0.15, -0.1) is 10.2 Å². The second-order valence-corrected chi connectivity index (χ2v) is 3.98. The zero-order valence-electron chi connectivity index (χ0n) is 10.3.